The maximum absolute atomic E-state index is 14.7. The van der Waals surface area contributed by atoms with Crippen molar-refractivity contribution in [2.45, 2.75) is 25.9 Å². The van der Waals surface area contributed by atoms with E-state index in [1.54, 1.807) is 12.1 Å². The maximum atomic E-state index is 14.7. The topological polar surface area (TPSA) is 83.5 Å². The van der Waals surface area contributed by atoms with Gasteiger partial charge in [-0.05, 0) is 18.2 Å². The number of benzene rings is 1. The van der Waals surface area contributed by atoms with Gasteiger partial charge < -0.3 is 19.8 Å². The molecule has 1 atom stereocenters. The highest BCUT2D eigenvalue weighted by Crippen LogP contribution is 2.29. The Hall–Kier alpha value is -2.84. The molecule has 1 N–H and O–H groups in total. The second-order valence-corrected chi connectivity index (χ2v) is 6.52. The van der Waals surface area contributed by atoms with E-state index >= 15 is 0 Å². The van der Waals surface area contributed by atoms with Crippen LogP contribution >= 0.6 is 0 Å². The molecular formula is C18H23FN4O4. The number of amides is 2. The highest BCUT2D eigenvalue weighted by molar-refractivity contribution is 5.90. The standard InChI is InChI=1S/C18H23FN4O4/c1-12(24)20-10-15-11-23(18(25)27-15)14-3-4-17(16(19)9-14)22-7-5-13(6-8-22)21-26-2/h3-4,9,15H,5-8,10-11H2,1-2H3,(H,20,24). The number of anilines is 2. The van der Waals surface area contributed by atoms with Crippen LogP contribution in [0.5, 0.6) is 0 Å². The molecule has 27 heavy (non-hydrogen) atoms. The van der Waals surface area contributed by atoms with Gasteiger partial charge >= 0.3 is 6.09 Å². The van der Waals surface area contributed by atoms with Crippen LogP contribution in [0.1, 0.15) is 19.8 Å². The fraction of sp³-hybridized carbons (Fsp3) is 0.500. The molecule has 0 bridgehead atoms. The first-order valence-electron chi connectivity index (χ1n) is 8.84. The van der Waals surface area contributed by atoms with Crippen molar-refractivity contribution in [1.82, 2.24) is 5.32 Å². The monoisotopic (exact) mass is 378 g/mol. The predicted octanol–water partition coefficient (Wildman–Crippen LogP) is 1.89. The van der Waals surface area contributed by atoms with E-state index in [0.717, 1.165) is 18.6 Å². The van der Waals surface area contributed by atoms with Gasteiger partial charge in [-0.2, -0.15) is 0 Å². The first kappa shape index (κ1) is 18.9. The molecule has 2 aliphatic heterocycles. The van der Waals surface area contributed by atoms with Crippen LogP contribution in [0.4, 0.5) is 20.6 Å². The van der Waals surface area contributed by atoms with E-state index in [-0.39, 0.29) is 19.0 Å². The van der Waals surface area contributed by atoms with Crippen molar-refractivity contribution >= 4 is 29.1 Å². The Labute approximate surface area is 156 Å². The van der Waals surface area contributed by atoms with Crippen molar-refractivity contribution in [2.75, 3.05) is 43.1 Å². The number of nitrogens with one attached hydrogen (secondary N) is 1. The Balaban J connectivity index is 1.66. The Morgan fingerprint density at radius 3 is 2.78 bits per heavy atom. The first-order valence-corrected chi connectivity index (χ1v) is 8.84. The fourth-order valence-corrected chi connectivity index (χ4v) is 3.24. The lowest BCUT2D eigenvalue weighted by atomic mass is 10.1. The first-order chi connectivity index (χ1) is 13.0. The van der Waals surface area contributed by atoms with Crippen LogP contribution in [0, 0.1) is 5.82 Å². The van der Waals surface area contributed by atoms with Crippen LogP contribution in [-0.4, -0.2) is 57.1 Å². The summed E-state index contributed by atoms with van der Waals surface area (Å²) in [6.07, 6.45) is 0.442. The highest BCUT2D eigenvalue weighted by atomic mass is 19.1. The number of nitrogens with zero attached hydrogens (tertiary/aromatic N) is 3. The summed E-state index contributed by atoms with van der Waals surface area (Å²) in [5, 5.41) is 6.57. The van der Waals surface area contributed by atoms with Gasteiger partial charge in [0.25, 0.3) is 0 Å². The van der Waals surface area contributed by atoms with Crippen LogP contribution in [0.3, 0.4) is 0 Å². The molecule has 3 rings (SSSR count). The molecule has 1 aromatic carbocycles. The van der Waals surface area contributed by atoms with E-state index in [4.69, 9.17) is 9.57 Å². The van der Waals surface area contributed by atoms with Gasteiger partial charge in [-0.3, -0.25) is 9.69 Å². The number of ether oxygens (including phenoxy) is 1. The van der Waals surface area contributed by atoms with E-state index in [0.29, 0.717) is 24.5 Å². The number of hydrogen-bond donors (Lipinski definition) is 1. The van der Waals surface area contributed by atoms with E-state index < -0.39 is 18.0 Å². The Bertz CT molecular complexity index is 745. The van der Waals surface area contributed by atoms with Gasteiger partial charge in [0.15, 0.2) is 0 Å². The second-order valence-electron chi connectivity index (χ2n) is 6.52. The zero-order valence-electron chi connectivity index (χ0n) is 15.4. The number of hydrogen-bond acceptors (Lipinski definition) is 6. The number of cyclic esters (lactones) is 1. The molecule has 2 amide bonds. The number of carbonyl (C=O) groups excluding carboxylic acids is 2. The number of oxime groups is 1. The molecule has 2 fully saturated rings. The predicted molar refractivity (Wildman–Crippen MR) is 98.6 cm³/mol. The number of piperidine rings is 1. The molecule has 0 spiro atoms. The van der Waals surface area contributed by atoms with Gasteiger partial charge in [0.05, 0.1) is 30.2 Å². The zero-order valence-corrected chi connectivity index (χ0v) is 15.4. The van der Waals surface area contributed by atoms with E-state index in [1.165, 1.54) is 25.0 Å². The summed E-state index contributed by atoms with van der Waals surface area (Å²) in [6, 6.07) is 4.73. The molecule has 0 radical (unpaired) electrons. The summed E-state index contributed by atoms with van der Waals surface area (Å²) in [6.45, 7) is 3.20. The van der Waals surface area contributed by atoms with Gasteiger partial charge in [-0.25, -0.2) is 9.18 Å². The molecule has 2 saturated heterocycles. The lowest BCUT2D eigenvalue weighted by Crippen LogP contribution is -2.34. The third kappa shape index (κ3) is 4.47. The van der Waals surface area contributed by atoms with Gasteiger partial charge in [0.1, 0.15) is 19.0 Å². The summed E-state index contributed by atoms with van der Waals surface area (Å²) in [4.78, 5) is 31.2. The summed E-state index contributed by atoms with van der Waals surface area (Å²) < 4.78 is 19.9. The van der Waals surface area contributed by atoms with Crippen LogP contribution in [0.25, 0.3) is 0 Å². The molecule has 146 valence electrons. The molecule has 2 aliphatic rings. The maximum Gasteiger partial charge on any atom is 0.414 e. The average molecular weight is 378 g/mol. The molecule has 1 unspecified atom stereocenters. The van der Waals surface area contributed by atoms with Gasteiger partial charge in [0.2, 0.25) is 5.91 Å². The zero-order chi connectivity index (χ0) is 19.4. The minimum atomic E-state index is -0.545. The molecule has 0 saturated carbocycles. The molecular weight excluding hydrogens is 355 g/mol. The van der Waals surface area contributed by atoms with Gasteiger partial charge in [-0.1, -0.05) is 5.16 Å². The molecule has 2 heterocycles. The average Bonchev–Trinajstić information content (AvgIpc) is 3.02. The Morgan fingerprint density at radius 1 is 1.41 bits per heavy atom. The van der Waals surface area contributed by atoms with E-state index in [2.05, 4.69) is 10.5 Å². The quantitative estimate of drug-likeness (QED) is 0.791. The summed E-state index contributed by atoms with van der Waals surface area (Å²) >= 11 is 0. The highest BCUT2D eigenvalue weighted by Gasteiger charge is 2.33. The minimum absolute atomic E-state index is 0.194. The van der Waals surface area contributed by atoms with Crippen LogP contribution in [0.15, 0.2) is 23.4 Å². The molecule has 0 aromatic heterocycles. The van der Waals surface area contributed by atoms with Gasteiger partial charge in [-0.15, -0.1) is 0 Å². The van der Waals surface area contributed by atoms with Crippen molar-refractivity contribution in [3.63, 3.8) is 0 Å². The Morgan fingerprint density at radius 2 is 2.15 bits per heavy atom. The summed E-state index contributed by atoms with van der Waals surface area (Å²) in [7, 11) is 1.52. The molecule has 0 aliphatic carbocycles. The summed E-state index contributed by atoms with van der Waals surface area (Å²) in [5.41, 5.74) is 1.90. The molecule has 9 heteroatoms. The van der Waals surface area contributed by atoms with Crippen molar-refractivity contribution in [1.29, 1.82) is 0 Å². The lowest BCUT2D eigenvalue weighted by molar-refractivity contribution is -0.119. The van der Waals surface area contributed by atoms with Gasteiger partial charge in [0, 0.05) is 32.9 Å². The van der Waals surface area contributed by atoms with Crippen molar-refractivity contribution in [3.05, 3.63) is 24.0 Å². The smallest absolute Gasteiger partial charge is 0.414 e. The van der Waals surface area contributed by atoms with Crippen LogP contribution in [-0.2, 0) is 14.4 Å². The fourth-order valence-electron chi connectivity index (χ4n) is 3.24. The largest absolute Gasteiger partial charge is 0.442 e. The lowest BCUT2D eigenvalue weighted by Gasteiger charge is -2.30. The van der Waals surface area contributed by atoms with Crippen molar-refractivity contribution in [3.8, 4) is 0 Å². The van der Waals surface area contributed by atoms with Crippen molar-refractivity contribution in [2.24, 2.45) is 5.16 Å². The van der Waals surface area contributed by atoms with Crippen LogP contribution in [0.2, 0.25) is 0 Å². The number of halogens is 1. The van der Waals surface area contributed by atoms with Crippen molar-refractivity contribution < 1.29 is 23.6 Å². The Kier molecular flexibility index (Phi) is 5.78. The number of rotatable bonds is 5. The second kappa shape index (κ2) is 8.24. The van der Waals surface area contributed by atoms with E-state index in [1.807, 2.05) is 4.90 Å². The third-order valence-corrected chi connectivity index (χ3v) is 4.60. The third-order valence-electron chi connectivity index (χ3n) is 4.60. The molecule has 8 nitrogen and oxygen atoms in total. The molecule has 1 aromatic rings. The van der Waals surface area contributed by atoms with E-state index in [9.17, 15) is 14.0 Å². The number of carbonyl (C=O) groups is 2. The SMILES string of the molecule is CON=C1CCN(c2ccc(N3CC(CNC(C)=O)OC3=O)cc2F)CC1. The summed E-state index contributed by atoms with van der Waals surface area (Å²) in [5.74, 6) is -0.585. The normalized spacial score (nSPS) is 19.7. The minimum Gasteiger partial charge on any atom is -0.442 e. The van der Waals surface area contributed by atoms with Crippen LogP contribution < -0.4 is 15.1 Å².